The van der Waals surface area contributed by atoms with E-state index in [2.05, 4.69) is 10.6 Å². The Morgan fingerprint density at radius 2 is 1.67 bits per heavy atom. The molecule has 7 heteroatoms. The summed E-state index contributed by atoms with van der Waals surface area (Å²) in [6.45, 7) is 1.88. The highest BCUT2D eigenvalue weighted by atomic mass is 32.1. The Kier molecular flexibility index (Phi) is 6.82. The van der Waals surface area contributed by atoms with Crippen LogP contribution in [0.2, 0.25) is 0 Å². The lowest BCUT2D eigenvalue weighted by Crippen LogP contribution is -2.35. The first-order valence-corrected chi connectivity index (χ1v) is 11.7. The van der Waals surface area contributed by atoms with E-state index in [-0.39, 0.29) is 17.4 Å². The predicted octanol–water partition coefficient (Wildman–Crippen LogP) is 4.96. The molecule has 4 N–H and O–H groups in total. The van der Waals surface area contributed by atoms with Gasteiger partial charge in [0.05, 0.1) is 12.0 Å². The first-order valence-electron chi connectivity index (χ1n) is 10.5. The van der Waals surface area contributed by atoms with Crippen LogP contribution >= 0.6 is 23.6 Å². The number of carbonyl (C=O) groups excluding carboxylic acids is 2. The van der Waals surface area contributed by atoms with Gasteiger partial charge in [-0.2, -0.15) is 0 Å². The van der Waals surface area contributed by atoms with Crippen LogP contribution in [0.4, 0.5) is 5.00 Å². The fourth-order valence-corrected chi connectivity index (χ4v) is 5.35. The van der Waals surface area contributed by atoms with E-state index in [1.54, 1.807) is 0 Å². The number of benzene rings is 3. The first-order chi connectivity index (χ1) is 15.9. The fourth-order valence-electron chi connectivity index (χ4n) is 3.82. The van der Waals surface area contributed by atoms with Gasteiger partial charge in [0.15, 0.2) is 5.11 Å². The molecule has 4 rings (SSSR count). The Labute approximate surface area is 201 Å². The third-order valence-corrected chi connectivity index (χ3v) is 6.82. The average molecular weight is 474 g/mol. The summed E-state index contributed by atoms with van der Waals surface area (Å²) >= 11 is 6.78. The highest BCUT2D eigenvalue weighted by molar-refractivity contribution is 7.80. The number of primary amides is 1. The van der Waals surface area contributed by atoms with E-state index < -0.39 is 5.91 Å². The monoisotopic (exact) mass is 473 g/mol. The Morgan fingerprint density at radius 1 is 0.970 bits per heavy atom. The number of hydrogen-bond donors (Lipinski definition) is 3. The summed E-state index contributed by atoms with van der Waals surface area (Å²) in [6.07, 6.45) is 0.869. The van der Waals surface area contributed by atoms with Crippen molar-refractivity contribution >= 4 is 56.3 Å². The van der Waals surface area contributed by atoms with Gasteiger partial charge in [-0.3, -0.25) is 9.59 Å². The second-order valence-electron chi connectivity index (χ2n) is 7.70. The summed E-state index contributed by atoms with van der Waals surface area (Å²) in [5, 5.41) is 8.52. The van der Waals surface area contributed by atoms with Crippen molar-refractivity contribution in [3.63, 3.8) is 0 Å². The molecule has 0 saturated heterocycles. The molecule has 33 heavy (non-hydrogen) atoms. The summed E-state index contributed by atoms with van der Waals surface area (Å²) in [7, 11) is 0. The topological polar surface area (TPSA) is 84.2 Å². The van der Waals surface area contributed by atoms with Crippen LogP contribution in [0.5, 0.6) is 0 Å². The molecule has 5 nitrogen and oxygen atoms in total. The number of fused-ring (bicyclic) bond motifs is 1. The van der Waals surface area contributed by atoms with Gasteiger partial charge in [0.1, 0.15) is 5.00 Å². The van der Waals surface area contributed by atoms with Crippen LogP contribution in [-0.2, 0) is 17.6 Å². The molecule has 2 amide bonds. The lowest BCUT2D eigenvalue weighted by Gasteiger charge is -2.10. The SMILES string of the molecule is Cc1c(Cc2ccccc2)sc(NC(=S)NC(=O)Cc2cccc3ccccc23)c1C(N)=O. The number of carbonyl (C=O) groups is 2. The van der Waals surface area contributed by atoms with Crippen molar-refractivity contribution in [2.75, 3.05) is 5.32 Å². The predicted molar refractivity (Wildman–Crippen MR) is 139 cm³/mol. The van der Waals surface area contributed by atoms with Crippen molar-refractivity contribution in [2.24, 2.45) is 5.73 Å². The average Bonchev–Trinajstić information content (AvgIpc) is 3.09. The molecule has 4 aromatic rings. The Balaban J connectivity index is 1.48. The normalized spacial score (nSPS) is 10.7. The van der Waals surface area contributed by atoms with E-state index >= 15 is 0 Å². The molecule has 0 aliphatic carbocycles. The standard InChI is InChI=1S/C26H23N3O2S2/c1-16-21(14-17-8-3-2-4-9-17)33-25(23(16)24(27)31)29-26(32)28-22(30)15-19-12-7-11-18-10-5-6-13-20(18)19/h2-13H,14-15H2,1H3,(H2,27,31)(H2,28,29,30,32). The molecular formula is C26H23N3O2S2. The Bertz CT molecular complexity index is 1340. The third kappa shape index (κ3) is 5.27. The molecule has 0 bridgehead atoms. The van der Waals surface area contributed by atoms with E-state index in [0.29, 0.717) is 17.0 Å². The zero-order valence-corrected chi connectivity index (χ0v) is 19.7. The largest absolute Gasteiger partial charge is 0.365 e. The van der Waals surface area contributed by atoms with Crippen molar-refractivity contribution in [3.8, 4) is 0 Å². The smallest absolute Gasteiger partial charge is 0.251 e. The van der Waals surface area contributed by atoms with Crippen molar-refractivity contribution in [2.45, 2.75) is 19.8 Å². The molecule has 0 unspecified atom stereocenters. The molecule has 0 atom stereocenters. The quantitative estimate of drug-likeness (QED) is 0.346. The van der Waals surface area contributed by atoms with E-state index in [9.17, 15) is 9.59 Å². The number of amides is 2. The Hall–Kier alpha value is -3.55. The van der Waals surface area contributed by atoms with Gasteiger partial charge in [0.25, 0.3) is 5.91 Å². The van der Waals surface area contributed by atoms with Crippen LogP contribution in [-0.4, -0.2) is 16.9 Å². The highest BCUT2D eigenvalue weighted by Crippen LogP contribution is 2.34. The van der Waals surface area contributed by atoms with Gasteiger partial charge in [-0.05, 0) is 46.6 Å². The van der Waals surface area contributed by atoms with Gasteiger partial charge < -0.3 is 16.4 Å². The van der Waals surface area contributed by atoms with Crippen LogP contribution in [0.1, 0.15) is 31.9 Å². The molecule has 3 aromatic carbocycles. The minimum atomic E-state index is -0.532. The van der Waals surface area contributed by atoms with Crippen LogP contribution in [0.3, 0.4) is 0 Å². The van der Waals surface area contributed by atoms with Crippen LogP contribution in [0, 0.1) is 6.92 Å². The number of rotatable bonds is 6. The van der Waals surface area contributed by atoms with Gasteiger partial charge >= 0.3 is 0 Å². The molecule has 0 saturated carbocycles. The molecule has 0 aliphatic heterocycles. The lowest BCUT2D eigenvalue weighted by atomic mass is 10.0. The molecule has 1 heterocycles. The summed E-state index contributed by atoms with van der Waals surface area (Å²) in [5.74, 6) is -0.766. The summed E-state index contributed by atoms with van der Waals surface area (Å²) in [5.41, 5.74) is 8.93. The first kappa shape index (κ1) is 22.6. The maximum absolute atomic E-state index is 12.7. The van der Waals surface area contributed by atoms with Crippen LogP contribution < -0.4 is 16.4 Å². The maximum atomic E-state index is 12.7. The number of hydrogen-bond acceptors (Lipinski definition) is 4. The second kappa shape index (κ2) is 9.94. The van der Waals surface area contributed by atoms with Gasteiger partial charge in [-0.15, -0.1) is 11.3 Å². The highest BCUT2D eigenvalue weighted by Gasteiger charge is 2.20. The molecule has 0 radical (unpaired) electrons. The summed E-state index contributed by atoms with van der Waals surface area (Å²) in [6, 6.07) is 23.8. The van der Waals surface area contributed by atoms with Crippen molar-refractivity contribution in [3.05, 3.63) is 99.9 Å². The number of anilines is 1. The Morgan fingerprint density at radius 3 is 2.42 bits per heavy atom. The fraction of sp³-hybridized carbons (Fsp3) is 0.115. The van der Waals surface area contributed by atoms with E-state index in [0.717, 1.165) is 32.3 Å². The van der Waals surface area contributed by atoms with Crippen LogP contribution in [0.15, 0.2) is 72.8 Å². The van der Waals surface area contributed by atoms with Gasteiger partial charge in [0.2, 0.25) is 5.91 Å². The second-order valence-corrected chi connectivity index (χ2v) is 9.21. The van der Waals surface area contributed by atoms with E-state index in [4.69, 9.17) is 18.0 Å². The van der Waals surface area contributed by atoms with Crippen molar-refractivity contribution < 1.29 is 9.59 Å². The molecule has 0 spiro atoms. The minimum Gasteiger partial charge on any atom is -0.365 e. The molecule has 0 aliphatic rings. The van der Waals surface area contributed by atoms with Gasteiger partial charge in [-0.1, -0.05) is 72.8 Å². The maximum Gasteiger partial charge on any atom is 0.251 e. The van der Waals surface area contributed by atoms with Gasteiger partial charge in [0, 0.05) is 11.3 Å². The number of nitrogens with two attached hydrogens (primary N) is 1. The van der Waals surface area contributed by atoms with E-state index in [1.807, 2.05) is 79.7 Å². The van der Waals surface area contributed by atoms with Gasteiger partial charge in [-0.25, -0.2) is 0 Å². The van der Waals surface area contributed by atoms with Crippen molar-refractivity contribution in [1.82, 2.24) is 5.32 Å². The minimum absolute atomic E-state index is 0.134. The number of nitrogens with one attached hydrogen (secondary N) is 2. The molecule has 166 valence electrons. The zero-order chi connectivity index (χ0) is 23.4. The summed E-state index contributed by atoms with van der Waals surface area (Å²) in [4.78, 5) is 25.8. The third-order valence-electron chi connectivity index (χ3n) is 5.41. The molecule has 1 aromatic heterocycles. The zero-order valence-electron chi connectivity index (χ0n) is 18.1. The van der Waals surface area contributed by atoms with Crippen LogP contribution in [0.25, 0.3) is 10.8 Å². The number of thiocarbonyl (C=S) groups is 1. The lowest BCUT2D eigenvalue weighted by molar-refractivity contribution is -0.119. The van der Waals surface area contributed by atoms with E-state index in [1.165, 1.54) is 11.3 Å². The van der Waals surface area contributed by atoms with Crippen molar-refractivity contribution in [1.29, 1.82) is 0 Å². The molecular weight excluding hydrogens is 450 g/mol. The summed E-state index contributed by atoms with van der Waals surface area (Å²) < 4.78 is 0. The molecule has 0 fully saturated rings. The number of thiophene rings is 1.